The first kappa shape index (κ1) is 19.2. The Kier molecular flexibility index (Phi) is 5.08. The monoisotopic (exact) mass is 394 g/mol. The zero-order valence-electron chi connectivity index (χ0n) is 17.3. The number of aryl methyl sites for hydroxylation is 5. The second-order valence-electron chi connectivity index (χ2n) is 7.57. The van der Waals surface area contributed by atoms with Gasteiger partial charge in [-0.05, 0) is 38.8 Å². The summed E-state index contributed by atoms with van der Waals surface area (Å²) in [4.78, 5) is 18.9. The molecule has 2 aromatic heterocycles. The van der Waals surface area contributed by atoms with Crippen molar-refractivity contribution in [3.63, 3.8) is 0 Å². The van der Waals surface area contributed by atoms with Crippen molar-refractivity contribution in [2.24, 2.45) is 0 Å². The molecule has 8 nitrogen and oxygen atoms in total. The molecule has 0 saturated heterocycles. The van der Waals surface area contributed by atoms with E-state index in [-0.39, 0.29) is 5.91 Å². The van der Waals surface area contributed by atoms with Crippen molar-refractivity contribution in [3.8, 4) is 0 Å². The number of carbonyl (C=O) groups is 1. The zero-order chi connectivity index (χ0) is 20.5. The van der Waals surface area contributed by atoms with Gasteiger partial charge in [0, 0.05) is 25.1 Å². The number of nitrogens with one attached hydrogen (secondary N) is 1. The van der Waals surface area contributed by atoms with Crippen LogP contribution < -0.4 is 5.32 Å². The summed E-state index contributed by atoms with van der Waals surface area (Å²) in [5.41, 5.74) is 4.28. The van der Waals surface area contributed by atoms with E-state index in [1.54, 1.807) is 4.68 Å². The third kappa shape index (κ3) is 3.87. The molecule has 0 saturated carbocycles. The topological polar surface area (TPSA) is 89.1 Å². The maximum absolute atomic E-state index is 12.8. The standard InChI is InChI=1S/C21H26N6O2/c1-13-6-5-7-14(2)20(13)23-21-17-12-26(10-8-18(17)29-25-21)19(28)9-11-27-16(4)22-15(3)24-27/h5-7H,8-12H2,1-4H3,(H,23,25). The Balaban J connectivity index is 1.46. The number of nitrogens with zero attached hydrogens (tertiary/aromatic N) is 5. The molecule has 3 heterocycles. The Bertz CT molecular complexity index is 1030. The van der Waals surface area contributed by atoms with Gasteiger partial charge in [-0.2, -0.15) is 5.10 Å². The summed E-state index contributed by atoms with van der Waals surface area (Å²) in [5.74, 6) is 3.20. The van der Waals surface area contributed by atoms with Crippen LogP contribution in [0.2, 0.25) is 0 Å². The number of anilines is 2. The van der Waals surface area contributed by atoms with Crippen molar-refractivity contribution in [1.29, 1.82) is 0 Å². The van der Waals surface area contributed by atoms with Crippen molar-refractivity contribution < 1.29 is 9.32 Å². The Hall–Kier alpha value is -3.16. The van der Waals surface area contributed by atoms with E-state index in [0.29, 0.717) is 38.3 Å². The molecule has 3 aromatic rings. The lowest BCUT2D eigenvalue weighted by Crippen LogP contribution is -2.36. The molecule has 8 heteroatoms. The van der Waals surface area contributed by atoms with Gasteiger partial charge in [0.25, 0.3) is 0 Å². The highest BCUT2D eigenvalue weighted by atomic mass is 16.5. The van der Waals surface area contributed by atoms with Gasteiger partial charge in [-0.25, -0.2) is 9.67 Å². The number of fused-ring (bicyclic) bond motifs is 1. The highest BCUT2D eigenvalue weighted by molar-refractivity contribution is 5.77. The fourth-order valence-electron chi connectivity index (χ4n) is 3.78. The number of para-hydroxylation sites is 1. The molecule has 0 fully saturated rings. The van der Waals surface area contributed by atoms with Gasteiger partial charge in [-0.15, -0.1) is 0 Å². The maximum atomic E-state index is 12.8. The Morgan fingerprint density at radius 3 is 2.66 bits per heavy atom. The number of hydrogen-bond donors (Lipinski definition) is 1. The number of aromatic nitrogens is 4. The molecule has 29 heavy (non-hydrogen) atoms. The number of rotatable bonds is 5. The largest absolute Gasteiger partial charge is 0.359 e. The van der Waals surface area contributed by atoms with Gasteiger partial charge >= 0.3 is 0 Å². The SMILES string of the molecule is Cc1nc(C)n(CCC(=O)N2CCc3onc(Nc4c(C)cccc4C)c3C2)n1. The second-order valence-corrected chi connectivity index (χ2v) is 7.57. The van der Waals surface area contributed by atoms with Gasteiger partial charge in [0.2, 0.25) is 5.91 Å². The third-order valence-corrected chi connectivity index (χ3v) is 5.40. The van der Waals surface area contributed by atoms with Crippen LogP contribution in [-0.2, 0) is 24.3 Å². The lowest BCUT2D eigenvalue weighted by molar-refractivity contribution is -0.132. The molecule has 0 atom stereocenters. The Labute approximate surface area is 169 Å². The average Bonchev–Trinajstić information content (AvgIpc) is 3.24. The minimum atomic E-state index is 0.0995. The second kappa shape index (κ2) is 7.69. The summed E-state index contributed by atoms with van der Waals surface area (Å²) in [7, 11) is 0. The van der Waals surface area contributed by atoms with Crippen LogP contribution >= 0.6 is 0 Å². The lowest BCUT2D eigenvalue weighted by Gasteiger charge is -2.26. The van der Waals surface area contributed by atoms with Crippen LogP contribution in [0.25, 0.3) is 0 Å². The summed E-state index contributed by atoms with van der Waals surface area (Å²) in [6.45, 7) is 9.55. The van der Waals surface area contributed by atoms with Crippen molar-refractivity contribution in [2.45, 2.75) is 53.6 Å². The predicted molar refractivity (Wildman–Crippen MR) is 109 cm³/mol. The van der Waals surface area contributed by atoms with Gasteiger partial charge in [0.1, 0.15) is 17.4 Å². The summed E-state index contributed by atoms with van der Waals surface area (Å²) >= 11 is 0. The summed E-state index contributed by atoms with van der Waals surface area (Å²) in [6.07, 6.45) is 1.06. The Morgan fingerprint density at radius 2 is 1.97 bits per heavy atom. The van der Waals surface area contributed by atoms with E-state index in [0.717, 1.165) is 39.8 Å². The summed E-state index contributed by atoms with van der Waals surface area (Å²) in [6, 6.07) is 6.16. The van der Waals surface area contributed by atoms with Crippen molar-refractivity contribution in [1.82, 2.24) is 24.8 Å². The molecule has 0 unspecified atom stereocenters. The Morgan fingerprint density at radius 1 is 1.21 bits per heavy atom. The maximum Gasteiger partial charge on any atom is 0.224 e. The van der Waals surface area contributed by atoms with Gasteiger partial charge in [-0.3, -0.25) is 4.79 Å². The molecule has 1 aliphatic heterocycles. The van der Waals surface area contributed by atoms with E-state index < -0.39 is 0 Å². The van der Waals surface area contributed by atoms with Crippen LogP contribution in [0.1, 0.15) is 40.5 Å². The summed E-state index contributed by atoms with van der Waals surface area (Å²) < 4.78 is 7.33. The van der Waals surface area contributed by atoms with Crippen LogP contribution in [-0.4, -0.2) is 37.3 Å². The highest BCUT2D eigenvalue weighted by Gasteiger charge is 2.27. The van der Waals surface area contributed by atoms with E-state index in [4.69, 9.17) is 4.52 Å². The van der Waals surface area contributed by atoms with Crippen molar-refractivity contribution >= 4 is 17.4 Å². The molecule has 1 aromatic carbocycles. The molecule has 0 aliphatic carbocycles. The molecule has 152 valence electrons. The van der Waals surface area contributed by atoms with Crippen molar-refractivity contribution in [3.05, 3.63) is 52.3 Å². The third-order valence-electron chi connectivity index (χ3n) is 5.40. The number of carbonyl (C=O) groups excluding carboxylic acids is 1. The smallest absolute Gasteiger partial charge is 0.224 e. The van der Waals surface area contributed by atoms with Crippen LogP contribution in [0.3, 0.4) is 0 Å². The highest BCUT2D eigenvalue weighted by Crippen LogP contribution is 2.31. The van der Waals surface area contributed by atoms with Gasteiger partial charge < -0.3 is 14.7 Å². The number of hydrogen-bond acceptors (Lipinski definition) is 6. The van der Waals surface area contributed by atoms with E-state index in [1.807, 2.05) is 24.8 Å². The fourth-order valence-corrected chi connectivity index (χ4v) is 3.78. The number of amides is 1. The fraction of sp³-hybridized carbons (Fsp3) is 0.429. The molecule has 1 aliphatic rings. The minimum absolute atomic E-state index is 0.0995. The minimum Gasteiger partial charge on any atom is -0.359 e. The van der Waals surface area contributed by atoms with Crippen LogP contribution in [0.15, 0.2) is 22.7 Å². The zero-order valence-corrected chi connectivity index (χ0v) is 17.3. The molecule has 0 bridgehead atoms. The first-order valence-electron chi connectivity index (χ1n) is 9.89. The molecule has 1 amide bonds. The number of benzene rings is 1. The first-order chi connectivity index (χ1) is 13.9. The van der Waals surface area contributed by atoms with E-state index >= 15 is 0 Å². The van der Waals surface area contributed by atoms with E-state index in [9.17, 15) is 4.79 Å². The quantitative estimate of drug-likeness (QED) is 0.715. The molecule has 1 N–H and O–H groups in total. The van der Waals surface area contributed by atoms with Crippen molar-refractivity contribution in [2.75, 3.05) is 11.9 Å². The average molecular weight is 394 g/mol. The van der Waals surface area contributed by atoms with Crippen LogP contribution in [0.5, 0.6) is 0 Å². The lowest BCUT2D eigenvalue weighted by atomic mass is 10.1. The molecule has 4 rings (SSSR count). The normalized spacial score (nSPS) is 13.4. The van der Waals surface area contributed by atoms with Gasteiger partial charge in [0.05, 0.1) is 18.7 Å². The van der Waals surface area contributed by atoms with Crippen LogP contribution in [0.4, 0.5) is 11.5 Å². The molecule has 0 spiro atoms. The van der Waals surface area contributed by atoms with Crippen LogP contribution in [0, 0.1) is 27.7 Å². The van der Waals surface area contributed by atoms with E-state index in [1.165, 1.54) is 0 Å². The van der Waals surface area contributed by atoms with Gasteiger partial charge in [0.15, 0.2) is 5.82 Å². The molecular weight excluding hydrogens is 368 g/mol. The van der Waals surface area contributed by atoms with E-state index in [2.05, 4.69) is 46.5 Å². The molecular formula is C21H26N6O2. The predicted octanol–water partition coefficient (Wildman–Crippen LogP) is 3.22. The van der Waals surface area contributed by atoms with Gasteiger partial charge in [-0.1, -0.05) is 23.4 Å². The first-order valence-corrected chi connectivity index (χ1v) is 9.89. The molecule has 0 radical (unpaired) electrons. The summed E-state index contributed by atoms with van der Waals surface area (Å²) in [5, 5.41) is 12.0.